The third kappa shape index (κ3) is 1.72. The Balaban J connectivity index is 2.73. The highest BCUT2D eigenvalue weighted by Crippen LogP contribution is 2.22. The van der Waals surface area contributed by atoms with Crippen LogP contribution in [0.4, 0.5) is 0 Å². The summed E-state index contributed by atoms with van der Waals surface area (Å²) in [7, 11) is -3.03. The molecule has 4 nitrogen and oxygen atoms in total. The SMILES string of the molecule is NCC(O)C1CCCS1(=O)=O. The summed E-state index contributed by atoms with van der Waals surface area (Å²) >= 11 is 0. The summed E-state index contributed by atoms with van der Waals surface area (Å²) in [6.07, 6.45) is 0.340. The molecule has 2 unspecified atom stereocenters. The van der Waals surface area contributed by atoms with Crippen molar-refractivity contribution in [3.63, 3.8) is 0 Å². The molecule has 5 heteroatoms. The van der Waals surface area contributed by atoms with E-state index in [-0.39, 0.29) is 12.3 Å². The van der Waals surface area contributed by atoms with Gasteiger partial charge in [-0.25, -0.2) is 8.42 Å². The van der Waals surface area contributed by atoms with Crippen LogP contribution in [0.5, 0.6) is 0 Å². The first-order chi connectivity index (χ1) is 5.08. The van der Waals surface area contributed by atoms with Crippen molar-refractivity contribution >= 4 is 9.84 Å². The van der Waals surface area contributed by atoms with Crippen molar-refractivity contribution in [3.8, 4) is 0 Å². The highest BCUT2D eigenvalue weighted by Gasteiger charge is 2.35. The van der Waals surface area contributed by atoms with Gasteiger partial charge < -0.3 is 10.8 Å². The third-order valence-corrected chi connectivity index (χ3v) is 4.38. The summed E-state index contributed by atoms with van der Waals surface area (Å²) in [6, 6.07) is 0. The molecule has 0 amide bonds. The van der Waals surface area contributed by atoms with E-state index >= 15 is 0 Å². The summed E-state index contributed by atoms with van der Waals surface area (Å²) < 4.78 is 22.3. The highest BCUT2D eigenvalue weighted by molar-refractivity contribution is 7.92. The van der Waals surface area contributed by atoms with Crippen LogP contribution >= 0.6 is 0 Å². The molecule has 1 aliphatic rings. The van der Waals surface area contributed by atoms with E-state index in [0.717, 1.165) is 0 Å². The first-order valence-electron chi connectivity index (χ1n) is 3.67. The van der Waals surface area contributed by atoms with Gasteiger partial charge in [0.1, 0.15) is 0 Å². The Morgan fingerprint density at radius 3 is 2.64 bits per heavy atom. The van der Waals surface area contributed by atoms with E-state index in [1.54, 1.807) is 0 Å². The number of hydrogen-bond acceptors (Lipinski definition) is 4. The highest BCUT2D eigenvalue weighted by atomic mass is 32.2. The molecule has 1 saturated heterocycles. The summed E-state index contributed by atoms with van der Waals surface area (Å²) in [5, 5.41) is 8.58. The van der Waals surface area contributed by atoms with Gasteiger partial charge in [-0.05, 0) is 12.8 Å². The number of nitrogens with two attached hydrogens (primary N) is 1. The number of rotatable bonds is 2. The monoisotopic (exact) mass is 179 g/mol. The average Bonchev–Trinajstić information content (AvgIpc) is 2.28. The maximum Gasteiger partial charge on any atom is 0.155 e. The molecule has 1 heterocycles. The largest absolute Gasteiger partial charge is 0.390 e. The summed E-state index contributed by atoms with van der Waals surface area (Å²) in [5.74, 6) is 0.203. The molecule has 1 rings (SSSR count). The van der Waals surface area contributed by atoms with Crippen LogP contribution in [-0.4, -0.2) is 37.2 Å². The first kappa shape index (κ1) is 8.96. The van der Waals surface area contributed by atoms with Crippen molar-refractivity contribution in [1.29, 1.82) is 0 Å². The van der Waals surface area contributed by atoms with E-state index in [2.05, 4.69) is 0 Å². The van der Waals surface area contributed by atoms with Gasteiger partial charge in [0.15, 0.2) is 9.84 Å². The second kappa shape index (κ2) is 3.08. The average molecular weight is 179 g/mol. The van der Waals surface area contributed by atoms with Gasteiger partial charge in [-0.3, -0.25) is 0 Å². The fourth-order valence-corrected chi connectivity index (χ4v) is 3.39. The lowest BCUT2D eigenvalue weighted by Gasteiger charge is -2.14. The van der Waals surface area contributed by atoms with Crippen LogP contribution in [0, 0.1) is 0 Å². The molecule has 2 atom stereocenters. The maximum absolute atomic E-state index is 11.1. The Labute approximate surface area is 66.3 Å². The molecule has 0 spiro atoms. The van der Waals surface area contributed by atoms with Gasteiger partial charge in [0.2, 0.25) is 0 Å². The number of hydrogen-bond donors (Lipinski definition) is 2. The third-order valence-electron chi connectivity index (χ3n) is 2.05. The second-order valence-corrected chi connectivity index (χ2v) is 5.19. The minimum Gasteiger partial charge on any atom is -0.390 e. The topological polar surface area (TPSA) is 80.4 Å². The Kier molecular flexibility index (Phi) is 2.51. The van der Waals surface area contributed by atoms with E-state index in [1.165, 1.54) is 0 Å². The minimum absolute atomic E-state index is 0.0316. The molecule has 0 aromatic rings. The Morgan fingerprint density at radius 1 is 1.64 bits per heavy atom. The number of aliphatic hydroxyl groups is 1. The summed E-state index contributed by atoms with van der Waals surface area (Å²) in [6.45, 7) is 0.0316. The molecule has 1 fully saturated rings. The molecule has 0 radical (unpaired) electrons. The van der Waals surface area contributed by atoms with Crippen molar-refractivity contribution < 1.29 is 13.5 Å². The van der Waals surface area contributed by atoms with Crippen LogP contribution in [0.3, 0.4) is 0 Å². The normalized spacial score (nSPS) is 32.0. The van der Waals surface area contributed by atoms with Crippen molar-refractivity contribution in [1.82, 2.24) is 0 Å². The Bertz CT molecular complexity index is 224. The molecule has 0 bridgehead atoms. The molecular weight excluding hydrogens is 166 g/mol. The van der Waals surface area contributed by atoms with Gasteiger partial charge in [0.05, 0.1) is 17.1 Å². The van der Waals surface area contributed by atoms with Gasteiger partial charge in [-0.1, -0.05) is 0 Å². The van der Waals surface area contributed by atoms with E-state index in [4.69, 9.17) is 5.73 Å². The zero-order valence-corrected chi connectivity index (χ0v) is 7.05. The van der Waals surface area contributed by atoms with Crippen molar-refractivity contribution in [3.05, 3.63) is 0 Å². The predicted molar refractivity (Wildman–Crippen MR) is 41.9 cm³/mol. The zero-order chi connectivity index (χ0) is 8.48. The van der Waals surface area contributed by atoms with Crippen LogP contribution in [-0.2, 0) is 9.84 Å². The fourth-order valence-electron chi connectivity index (χ4n) is 1.40. The summed E-state index contributed by atoms with van der Waals surface area (Å²) in [5.41, 5.74) is 5.16. The maximum atomic E-state index is 11.1. The van der Waals surface area contributed by atoms with Crippen molar-refractivity contribution in [2.24, 2.45) is 5.73 Å². The smallest absolute Gasteiger partial charge is 0.155 e. The number of aliphatic hydroxyl groups excluding tert-OH is 1. The lowest BCUT2D eigenvalue weighted by atomic mass is 10.2. The second-order valence-electron chi connectivity index (χ2n) is 2.85. The van der Waals surface area contributed by atoms with E-state index in [1.807, 2.05) is 0 Å². The molecule has 66 valence electrons. The molecule has 3 N–H and O–H groups in total. The van der Waals surface area contributed by atoms with E-state index in [9.17, 15) is 13.5 Å². The van der Waals surface area contributed by atoms with Crippen molar-refractivity contribution in [2.45, 2.75) is 24.2 Å². The Morgan fingerprint density at radius 2 is 2.27 bits per heavy atom. The van der Waals surface area contributed by atoms with Gasteiger partial charge in [0, 0.05) is 6.54 Å². The van der Waals surface area contributed by atoms with Gasteiger partial charge in [0.25, 0.3) is 0 Å². The van der Waals surface area contributed by atoms with Crippen LogP contribution in [0.1, 0.15) is 12.8 Å². The molecule has 11 heavy (non-hydrogen) atoms. The van der Waals surface area contributed by atoms with Gasteiger partial charge >= 0.3 is 0 Å². The van der Waals surface area contributed by atoms with Gasteiger partial charge in [-0.15, -0.1) is 0 Å². The standard InChI is InChI=1S/C6H13NO3S/c7-4-5(8)6-2-1-3-11(6,9)10/h5-6,8H,1-4,7H2. The number of sulfone groups is 1. The predicted octanol–water partition coefficient (Wildman–Crippen LogP) is -1.12. The first-order valence-corrected chi connectivity index (χ1v) is 5.39. The quantitative estimate of drug-likeness (QED) is 0.563. The van der Waals surface area contributed by atoms with Crippen LogP contribution < -0.4 is 5.73 Å². The van der Waals surface area contributed by atoms with Gasteiger partial charge in [-0.2, -0.15) is 0 Å². The van der Waals surface area contributed by atoms with Crippen molar-refractivity contribution in [2.75, 3.05) is 12.3 Å². The minimum atomic E-state index is -3.03. The summed E-state index contributed by atoms with van der Waals surface area (Å²) in [4.78, 5) is 0. The van der Waals surface area contributed by atoms with Crippen LogP contribution in [0.15, 0.2) is 0 Å². The molecule has 0 aliphatic carbocycles. The zero-order valence-electron chi connectivity index (χ0n) is 6.23. The molecule has 0 aromatic heterocycles. The van der Waals surface area contributed by atoms with E-state index in [0.29, 0.717) is 12.8 Å². The van der Waals surface area contributed by atoms with E-state index < -0.39 is 21.2 Å². The molecule has 0 saturated carbocycles. The van der Waals surface area contributed by atoms with Crippen LogP contribution in [0.25, 0.3) is 0 Å². The lowest BCUT2D eigenvalue weighted by molar-refractivity contribution is 0.175. The fraction of sp³-hybridized carbons (Fsp3) is 1.00. The molecule has 1 aliphatic heterocycles. The Hall–Kier alpha value is -0.130. The molecular formula is C6H13NO3S. The lowest BCUT2D eigenvalue weighted by Crippen LogP contribution is -2.36. The van der Waals surface area contributed by atoms with Crippen LogP contribution in [0.2, 0.25) is 0 Å². The molecule has 0 aromatic carbocycles.